The van der Waals surface area contributed by atoms with Gasteiger partial charge in [0.05, 0.1) is 4.92 Å². The summed E-state index contributed by atoms with van der Waals surface area (Å²) in [6.45, 7) is 4.47. The van der Waals surface area contributed by atoms with Gasteiger partial charge < -0.3 is 5.73 Å². The van der Waals surface area contributed by atoms with Gasteiger partial charge in [-0.1, -0.05) is 25.4 Å². The van der Waals surface area contributed by atoms with Crippen molar-refractivity contribution in [2.24, 2.45) is 23.5 Å². The minimum Gasteiger partial charge on any atom is -0.327 e. The molecule has 0 amide bonds. The minimum atomic E-state index is -0.333. The SMILES string of the molecule is CC(C)C1CCC(N)C(Cc2cc(Cl)ccc2[N+](=O)[O-])C1. The Morgan fingerprint density at radius 3 is 2.76 bits per heavy atom. The number of nitro groups is 1. The first-order chi connectivity index (χ1) is 9.88. The molecule has 116 valence electrons. The second kappa shape index (κ2) is 6.75. The van der Waals surface area contributed by atoms with Gasteiger partial charge in [-0.3, -0.25) is 10.1 Å². The molecule has 1 aliphatic rings. The van der Waals surface area contributed by atoms with E-state index in [1.807, 2.05) is 0 Å². The van der Waals surface area contributed by atoms with Crippen molar-refractivity contribution in [3.8, 4) is 0 Å². The number of nitrogens with two attached hydrogens (primary N) is 1. The number of nitrogens with zero attached hydrogens (tertiary/aromatic N) is 1. The molecule has 0 spiro atoms. The normalized spacial score (nSPS) is 26.0. The summed E-state index contributed by atoms with van der Waals surface area (Å²) in [5.41, 5.74) is 7.11. The van der Waals surface area contributed by atoms with Crippen LogP contribution in [0.25, 0.3) is 0 Å². The molecule has 0 heterocycles. The largest absolute Gasteiger partial charge is 0.327 e. The van der Waals surface area contributed by atoms with Crippen molar-refractivity contribution in [2.45, 2.75) is 45.6 Å². The third kappa shape index (κ3) is 3.95. The van der Waals surface area contributed by atoms with Crippen molar-refractivity contribution < 1.29 is 4.92 Å². The van der Waals surface area contributed by atoms with Crippen LogP contribution in [-0.2, 0) is 6.42 Å². The van der Waals surface area contributed by atoms with Crippen molar-refractivity contribution in [1.82, 2.24) is 0 Å². The van der Waals surface area contributed by atoms with Gasteiger partial charge in [-0.15, -0.1) is 0 Å². The van der Waals surface area contributed by atoms with Crippen LogP contribution in [0.15, 0.2) is 18.2 Å². The number of halogens is 1. The average molecular weight is 311 g/mol. The highest BCUT2D eigenvalue weighted by Crippen LogP contribution is 2.36. The van der Waals surface area contributed by atoms with Crippen LogP contribution in [-0.4, -0.2) is 11.0 Å². The fraction of sp³-hybridized carbons (Fsp3) is 0.625. The zero-order valence-electron chi connectivity index (χ0n) is 12.6. The quantitative estimate of drug-likeness (QED) is 0.669. The Morgan fingerprint density at radius 1 is 1.43 bits per heavy atom. The summed E-state index contributed by atoms with van der Waals surface area (Å²) >= 11 is 6.00. The standard InChI is InChI=1S/C16H23ClN2O2/c1-10(2)11-3-5-15(18)12(7-11)8-13-9-14(17)4-6-16(13)19(20)21/h4,6,9-12,15H,3,5,7-8,18H2,1-2H3. The number of benzene rings is 1. The average Bonchev–Trinajstić information content (AvgIpc) is 2.40. The maximum absolute atomic E-state index is 11.2. The fourth-order valence-corrected chi connectivity index (χ4v) is 3.54. The smallest absolute Gasteiger partial charge is 0.272 e. The molecule has 0 aromatic heterocycles. The van der Waals surface area contributed by atoms with Crippen LogP contribution in [0.3, 0.4) is 0 Å². The first kappa shape index (κ1) is 16.2. The summed E-state index contributed by atoms with van der Waals surface area (Å²) in [5.74, 6) is 1.59. The van der Waals surface area contributed by atoms with E-state index in [-0.39, 0.29) is 16.7 Å². The van der Waals surface area contributed by atoms with Gasteiger partial charge in [0, 0.05) is 22.7 Å². The highest BCUT2D eigenvalue weighted by atomic mass is 35.5. The minimum absolute atomic E-state index is 0.124. The molecule has 1 aliphatic carbocycles. The zero-order valence-corrected chi connectivity index (χ0v) is 13.3. The van der Waals surface area contributed by atoms with Crippen molar-refractivity contribution in [2.75, 3.05) is 0 Å². The molecule has 1 aromatic rings. The lowest BCUT2D eigenvalue weighted by molar-refractivity contribution is -0.385. The lowest BCUT2D eigenvalue weighted by atomic mass is 9.72. The van der Waals surface area contributed by atoms with Gasteiger partial charge >= 0.3 is 0 Å². The van der Waals surface area contributed by atoms with Gasteiger partial charge in [-0.25, -0.2) is 0 Å². The van der Waals surface area contributed by atoms with E-state index in [1.165, 1.54) is 6.07 Å². The second-order valence-corrected chi connectivity index (χ2v) is 6.91. The molecular weight excluding hydrogens is 288 g/mol. The van der Waals surface area contributed by atoms with E-state index in [0.717, 1.165) is 19.3 Å². The lowest BCUT2D eigenvalue weighted by Crippen LogP contribution is -2.38. The highest BCUT2D eigenvalue weighted by Gasteiger charge is 2.31. The monoisotopic (exact) mass is 310 g/mol. The van der Waals surface area contributed by atoms with Crippen LogP contribution in [0.2, 0.25) is 5.02 Å². The van der Waals surface area contributed by atoms with Crippen molar-refractivity contribution in [1.29, 1.82) is 0 Å². The van der Waals surface area contributed by atoms with E-state index < -0.39 is 0 Å². The Labute approximate surface area is 130 Å². The number of rotatable bonds is 4. The summed E-state index contributed by atoms with van der Waals surface area (Å²) in [6, 6.07) is 4.90. The third-order valence-electron chi connectivity index (χ3n) is 4.74. The van der Waals surface area contributed by atoms with Crippen LogP contribution in [0.5, 0.6) is 0 Å². The molecule has 1 aromatic carbocycles. The molecule has 3 unspecified atom stereocenters. The van der Waals surface area contributed by atoms with Crippen molar-refractivity contribution in [3.05, 3.63) is 38.9 Å². The van der Waals surface area contributed by atoms with Crippen LogP contribution < -0.4 is 5.73 Å². The molecular formula is C16H23ClN2O2. The molecule has 2 rings (SSSR count). The Morgan fingerprint density at radius 2 is 2.14 bits per heavy atom. The summed E-state index contributed by atoms with van der Waals surface area (Å²) in [4.78, 5) is 10.8. The number of nitro benzene ring substituents is 1. The molecule has 2 N–H and O–H groups in total. The predicted molar refractivity (Wildman–Crippen MR) is 85.5 cm³/mol. The zero-order chi connectivity index (χ0) is 15.6. The Bertz CT molecular complexity index is 519. The maximum Gasteiger partial charge on any atom is 0.272 e. The summed E-state index contributed by atoms with van der Waals surface area (Å²) in [5, 5.41) is 11.7. The van der Waals surface area contributed by atoms with E-state index >= 15 is 0 Å². The molecule has 1 saturated carbocycles. The fourth-order valence-electron chi connectivity index (χ4n) is 3.34. The van der Waals surface area contributed by atoms with Crippen LogP contribution in [0.4, 0.5) is 5.69 Å². The van der Waals surface area contributed by atoms with Gasteiger partial charge in [0.15, 0.2) is 0 Å². The molecule has 3 atom stereocenters. The topological polar surface area (TPSA) is 69.2 Å². The molecule has 0 saturated heterocycles. The molecule has 0 bridgehead atoms. The van der Waals surface area contributed by atoms with E-state index in [4.69, 9.17) is 17.3 Å². The molecule has 1 fully saturated rings. The predicted octanol–water partition coefficient (Wildman–Crippen LogP) is 4.19. The highest BCUT2D eigenvalue weighted by molar-refractivity contribution is 6.30. The van der Waals surface area contributed by atoms with Crippen LogP contribution >= 0.6 is 11.6 Å². The first-order valence-corrected chi connectivity index (χ1v) is 7.94. The van der Waals surface area contributed by atoms with E-state index in [2.05, 4.69) is 13.8 Å². The van der Waals surface area contributed by atoms with Gasteiger partial charge in [0.2, 0.25) is 0 Å². The van der Waals surface area contributed by atoms with Crippen molar-refractivity contribution in [3.63, 3.8) is 0 Å². The first-order valence-electron chi connectivity index (χ1n) is 7.57. The number of hydrogen-bond acceptors (Lipinski definition) is 3. The molecule has 21 heavy (non-hydrogen) atoms. The third-order valence-corrected chi connectivity index (χ3v) is 4.98. The van der Waals surface area contributed by atoms with Crippen LogP contribution in [0.1, 0.15) is 38.7 Å². The summed E-state index contributed by atoms with van der Waals surface area (Å²) < 4.78 is 0. The van der Waals surface area contributed by atoms with Gasteiger partial charge in [0.1, 0.15) is 0 Å². The maximum atomic E-state index is 11.2. The van der Waals surface area contributed by atoms with Gasteiger partial charge in [-0.2, -0.15) is 0 Å². The van der Waals surface area contributed by atoms with E-state index in [9.17, 15) is 10.1 Å². The summed E-state index contributed by atoms with van der Waals surface area (Å²) in [7, 11) is 0. The number of hydrogen-bond donors (Lipinski definition) is 1. The Hall–Kier alpha value is -1.13. The molecule has 4 nitrogen and oxygen atoms in total. The van der Waals surface area contributed by atoms with Gasteiger partial charge in [-0.05, 0) is 55.6 Å². The van der Waals surface area contributed by atoms with Crippen LogP contribution in [0, 0.1) is 27.9 Å². The Balaban J connectivity index is 2.19. The van der Waals surface area contributed by atoms with Gasteiger partial charge in [0.25, 0.3) is 5.69 Å². The molecule has 5 heteroatoms. The second-order valence-electron chi connectivity index (χ2n) is 6.48. The molecule has 0 radical (unpaired) electrons. The van der Waals surface area contributed by atoms with E-state index in [0.29, 0.717) is 34.8 Å². The lowest BCUT2D eigenvalue weighted by Gasteiger charge is -2.36. The van der Waals surface area contributed by atoms with Crippen molar-refractivity contribution >= 4 is 17.3 Å². The molecule has 0 aliphatic heterocycles. The Kier molecular flexibility index (Phi) is 5.22. The van der Waals surface area contributed by atoms with E-state index in [1.54, 1.807) is 12.1 Å². The summed E-state index contributed by atoms with van der Waals surface area (Å²) in [6.07, 6.45) is 3.85.